The number of carbonyl (C=O) groups excluding carboxylic acids is 1. The molecule has 2 N–H and O–H groups in total. The molecular formula is C22H27N3O. The summed E-state index contributed by atoms with van der Waals surface area (Å²) in [6.07, 6.45) is 4.40. The first kappa shape index (κ1) is 17.0. The van der Waals surface area contributed by atoms with Crippen LogP contribution in [0.3, 0.4) is 0 Å². The molecule has 4 nitrogen and oxygen atoms in total. The van der Waals surface area contributed by atoms with Crippen LogP contribution in [0.5, 0.6) is 0 Å². The molecule has 136 valence electrons. The van der Waals surface area contributed by atoms with Gasteiger partial charge < -0.3 is 15.5 Å². The normalized spacial score (nSPS) is 21.9. The van der Waals surface area contributed by atoms with Crippen LogP contribution in [0, 0.1) is 5.92 Å². The Balaban J connectivity index is 1.26. The Bertz CT molecular complexity index is 746. The Hall–Kier alpha value is -2.49. The van der Waals surface area contributed by atoms with E-state index in [0.29, 0.717) is 5.92 Å². The summed E-state index contributed by atoms with van der Waals surface area (Å²) in [4.78, 5) is 14.8. The summed E-state index contributed by atoms with van der Waals surface area (Å²) in [5.41, 5.74) is 3.93. The molecule has 0 radical (unpaired) electrons. The summed E-state index contributed by atoms with van der Waals surface area (Å²) in [6, 6.07) is 19.1. The van der Waals surface area contributed by atoms with Gasteiger partial charge in [-0.2, -0.15) is 0 Å². The Morgan fingerprint density at radius 1 is 1.04 bits per heavy atom. The predicted octanol–water partition coefficient (Wildman–Crippen LogP) is 3.89. The molecule has 1 aliphatic carbocycles. The van der Waals surface area contributed by atoms with E-state index in [1.165, 1.54) is 16.8 Å². The molecule has 4 rings (SSSR count). The molecule has 0 unspecified atom stereocenters. The van der Waals surface area contributed by atoms with Gasteiger partial charge in [0.25, 0.3) is 0 Å². The van der Waals surface area contributed by atoms with Crippen LogP contribution >= 0.6 is 0 Å². The Labute approximate surface area is 155 Å². The van der Waals surface area contributed by atoms with E-state index < -0.39 is 0 Å². The second-order valence-corrected chi connectivity index (χ2v) is 7.43. The van der Waals surface area contributed by atoms with Crippen molar-refractivity contribution in [2.45, 2.75) is 31.7 Å². The minimum Gasteiger partial charge on any atom is -0.371 e. The van der Waals surface area contributed by atoms with Gasteiger partial charge in [0.1, 0.15) is 0 Å². The van der Waals surface area contributed by atoms with Gasteiger partial charge in [0, 0.05) is 25.3 Å². The number of fused-ring (bicyclic) bond motifs is 1. The van der Waals surface area contributed by atoms with E-state index in [2.05, 4.69) is 64.1 Å². The van der Waals surface area contributed by atoms with Gasteiger partial charge in [-0.1, -0.05) is 42.5 Å². The van der Waals surface area contributed by atoms with Gasteiger partial charge in [-0.3, -0.25) is 0 Å². The first-order chi connectivity index (χ1) is 12.8. The number of benzene rings is 2. The fraction of sp³-hybridized carbons (Fsp3) is 0.409. The molecule has 2 aromatic carbocycles. The van der Waals surface area contributed by atoms with Crippen molar-refractivity contribution in [1.82, 2.24) is 10.6 Å². The number of nitrogens with one attached hydrogen (secondary N) is 2. The van der Waals surface area contributed by atoms with Crippen molar-refractivity contribution in [3.8, 4) is 0 Å². The van der Waals surface area contributed by atoms with E-state index in [0.717, 1.165) is 45.3 Å². The standard InChI is InChI=1S/C22H27N3O/c26-22(24-21-12-6-8-18-7-4-5-11-20(18)21)23-15-17-13-14-25(16-17)19-9-2-1-3-10-19/h1-5,7,9-11,17,21H,6,8,12-16H2,(H2,23,24,26)/t17-,21-/m0/s1. The second-order valence-electron chi connectivity index (χ2n) is 7.43. The molecule has 1 heterocycles. The molecule has 1 saturated heterocycles. The highest BCUT2D eigenvalue weighted by Crippen LogP contribution is 2.29. The van der Waals surface area contributed by atoms with Crippen LogP contribution in [0.25, 0.3) is 0 Å². The average Bonchev–Trinajstić information content (AvgIpc) is 3.17. The number of urea groups is 1. The lowest BCUT2D eigenvalue weighted by molar-refractivity contribution is 0.234. The Kier molecular flexibility index (Phi) is 5.09. The van der Waals surface area contributed by atoms with Crippen LogP contribution in [0.4, 0.5) is 10.5 Å². The first-order valence-corrected chi connectivity index (χ1v) is 9.72. The van der Waals surface area contributed by atoms with Crippen molar-refractivity contribution in [3.63, 3.8) is 0 Å². The van der Waals surface area contributed by atoms with Gasteiger partial charge in [0.15, 0.2) is 0 Å². The highest BCUT2D eigenvalue weighted by atomic mass is 16.2. The van der Waals surface area contributed by atoms with Crippen molar-refractivity contribution in [1.29, 1.82) is 0 Å². The summed E-state index contributed by atoms with van der Waals surface area (Å²) in [7, 11) is 0. The number of amides is 2. The fourth-order valence-electron chi connectivity index (χ4n) is 4.22. The van der Waals surface area contributed by atoms with Crippen molar-refractivity contribution in [2.75, 3.05) is 24.5 Å². The number of aryl methyl sites for hydroxylation is 1. The van der Waals surface area contributed by atoms with Crippen LogP contribution in [0.2, 0.25) is 0 Å². The third-order valence-corrected chi connectivity index (χ3v) is 5.63. The van der Waals surface area contributed by atoms with Crippen LogP contribution in [-0.4, -0.2) is 25.7 Å². The molecule has 0 saturated carbocycles. The van der Waals surface area contributed by atoms with Crippen LogP contribution in [0.1, 0.15) is 36.4 Å². The highest BCUT2D eigenvalue weighted by Gasteiger charge is 2.24. The molecule has 26 heavy (non-hydrogen) atoms. The third kappa shape index (κ3) is 3.85. The number of nitrogens with zero attached hydrogens (tertiary/aromatic N) is 1. The van der Waals surface area contributed by atoms with Crippen LogP contribution < -0.4 is 15.5 Å². The largest absolute Gasteiger partial charge is 0.371 e. The molecule has 2 amide bonds. The fourth-order valence-corrected chi connectivity index (χ4v) is 4.22. The summed E-state index contributed by atoms with van der Waals surface area (Å²) in [6.45, 7) is 2.81. The minimum atomic E-state index is -0.0372. The van der Waals surface area contributed by atoms with Crippen molar-refractivity contribution in [2.24, 2.45) is 5.92 Å². The monoisotopic (exact) mass is 349 g/mol. The number of hydrogen-bond donors (Lipinski definition) is 2. The molecule has 1 fully saturated rings. The quantitative estimate of drug-likeness (QED) is 0.879. The predicted molar refractivity (Wildman–Crippen MR) is 105 cm³/mol. The molecule has 2 aliphatic rings. The third-order valence-electron chi connectivity index (χ3n) is 5.63. The zero-order chi connectivity index (χ0) is 17.8. The summed E-state index contributed by atoms with van der Waals surface area (Å²) in [5.74, 6) is 0.514. The SMILES string of the molecule is O=C(NC[C@@H]1CCN(c2ccccc2)C1)N[C@H]1CCCc2ccccc21. The first-order valence-electron chi connectivity index (χ1n) is 9.72. The number of hydrogen-bond acceptors (Lipinski definition) is 2. The number of anilines is 1. The lowest BCUT2D eigenvalue weighted by Gasteiger charge is -2.26. The van der Waals surface area contributed by atoms with E-state index in [-0.39, 0.29) is 12.1 Å². The van der Waals surface area contributed by atoms with Gasteiger partial charge in [-0.05, 0) is 54.9 Å². The van der Waals surface area contributed by atoms with E-state index in [4.69, 9.17) is 0 Å². The summed E-state index contributed by atoms with van der Waals surface area (Å²) in [5, 5.41) is 6.28. The van der Waals surface area contributed by atoms with Gasteiger partial charge in [0.05, 0.1) is 6.04 Å². The molecule has 2 atom stereocenters. The van der Waals surface area contributed by atoms with Crippen molar-refractivity contribution >= 4 is 11.7 Å². The molecule has 4 heteroatoms. The molecule has 2 aromatic rings. The van der Waals surface area contributed by atoms with Crippen LogP contribution in [0.15, 0.2) is 54.6 Å². The maximum absolute atomic E-state index is 12.4. The Morgan fingerprint density at radius 2 is 1.85 bits per heavy atom. The lowest BCUT2D eigenvalue weighted by atomic mass is 9.88. The zero-order valence-electron chi connectivity index (χ0n) is 15.2. The average molecular weight is 349 g/mol. The maximum atomic E-state index is 12.4. The number of rotatable bonds is 4. The van der Waals surface area contributed by atoms with Gasteiger partial charge >= 0.3 is 6.03 Å². The number of carbonyl (C=O) groups is 1. The molecular weight excluding hydrogens is 322 g/mol. The summed E-state index contributed by atoms with van der Waals surface area (Å²) < 4.78 is 0. The second kappa shape index (κ2) is 7.81. The van der Waals surface area contributed by atoms with E-state index in [1.807, 2.05) is 6.07 Å². The van der Waals surface area contributed by atoms with E-state index >= 15 is 0 Å². The topological polar surface area (TPSA) is 44.4 Å². The smallest absolute Gasteiger partial charge is 0.315 e. The minimum absolute atomic E-state index is 0.0372. The lowest BCUT2D eigenvalue weighted by Crippen LogP contribution is -2.41. The van der Waals surface area contributed by atoms with Crippen molar-refractivity contribution < 1.29 is 4.79 Å². The van der Waals surface area contributed by atoms with E-state index in [1.54, 1.807) is 0 Å². The van der Waals surface area contributed by atoms with Gasteiger partial charge in [0.2, 0.25) is 0 Å². The van der Waals surface area contributed by atoms with E-state index in [9.17, 15) is 4.79 Å². The maximum Gasteiger partial charge on any atom is 0.315 e. The molecule has 1 aliphatic heterocycles. The van der Waals surface area contributed by atoms with Gasteiger partial charge in [-0.25, -0.2) is 4.79 Å². The summed E-state index contributed by atoms with van der Waals surface area (Å²) >= 11 is 0. The number of para-hydroxylation sites is 1. The van der Waals surface area contributed by atoms with Crippen LogP contribution in [-0.2, 0) is 6.42 Å². The zero-order valence-corrected chi connectivity index (χ0v) is 15.2. The van der Waals surface area contributed by atoms with Gasteiger partial charge in [-0.15, -0.1) is 0 Å². The highest BCUT2D eigenvalue weighted by molar-refractivity contribution is 5.74. The van der Waals surface area contributed by atoms with Crippen molar-refractivity contribution in [3.05, 3.63) is 65.7 Å². The Morgan fingerprint density at radius 3 is 2.73 bits per heavy atom. The molecule has 0 aromatic heterocycles. The molecule has 0 bridgehead atoms. The molecule has 0 spiro atoms.